The van der Waals surface area contributed by atoms with Gasteiger partial charge >= 0.3 is 6.03 Å². The van der Waals surface area contributed by atoms with E-state index in [0.717, 1.165) is 60.7 Å². The van der Waals surface area contributed by atoms with Gasteiger partial charge in [-0.25, -0.2) is 4.79 Å². The summed E-state index contributed by atoms with van der Waals surface area (Å²) in [6.45, 7) is 2.80. The normalized spacial score (nSPS) is 28.6. The lowest BCUT2D eigenvalue weighted by Gasteiger charge is -2.46. The van der Waals surface area contributed by atoms with Crippen LogP contribution in [0.2, 0.25) is 0 Å². The van der Waals surface area contributed by atoms with Gasteiger partial charge in [0.05, 0.1) is 16.3 Å². The lowest BCUT2D eigenvalue weighted by atomic mass is 9.86. The predicted octanol–water partition coefficient (Wildman–Crippen LogP) is 3.84. The van der Waals surface area contributed by atoms with Crippen LogP contribution in [0.25, 0.3) is 0 Å². The average molecular weight is 520 g/mol. The van der Waals surface area contributed by atoms with Gasteiger partial charge in [0.25, 0.3) is 5.91 Å². The fourth-order valence-electron chi connectivity index (χ4n) is 6.20. The minimum Gasteiger partial charge on any atom is -0.457 e. The minimum atomic E-state index is -0.182. The second kappa shape index (κ2) is 10.0. The molecule has 0 bridgehead atoms. The van der Waals surface area contributed by atoms with E-state index in [1.807, 2.05) is 67.4 Å². The third-order valence-corrected chi connectivity index (χ3v) is 9.31. The van der Waals surface area contributed by atoms with Crippen molar-refractivity contribution in [3.63, 3.8) is 0 Å². The Bertz CT molecular complexity index is 1240. The molecule has 0 spiro atoms. The fourth-order valence-corrected chi connectivity index (χ4v) is 7.60. The molecule has 3 amide bonds. The number of amides is 3. The Morgan fingerprint density at radius 1 is 1.08 bits per heavy atom. The first kappa shape index (κ1) is 24.3. The Balaban J connectivity index is 1.25. The van der Waals surface area contributed by atoms with Gasteiger partial charge in [-0.15, -0.1) is 0 Å². The molecular weight excluding hydrogens is 486 g/mol. The summed E-state index contributed by atoms with van der Waals surface area (Å²) in [6.07, 6.45) is 3.96. The summed E-state index contributed by atoms with van der Waals surface area (Å²) in [5, 5.41) is 13.3. The van der Waals surface area contributed by atoms with Crippen LogP contribution in [0.5, 0.6) is 11.5 Å². The Morgan fingerprint density at radius 2 is 1.89 bits per heavy atom. The zero-order chi connectivity index (χ0) is 25.5. The molecule has 4 aliphatic rings. The van der Waals surface area contributed by atoms with E-state index in [1.165, 1.54) is 0 Å². The van der Waals surface area contributed by atoms with Crippen molar-refractivity contribution in [1.82, 2.24) is 21.3 Å². The molecular formula is C28H33N5O3S. The molecule has 3 fully saturated rings. The number of rotatable bonds is 6. The van der Waals surface area contributed by atoms with Crippen LogP contribution in [0.4, 0.5) is 10.5 Å². The van der Waals surface area contributed by atoms with E-state index in [2.05, 4.69) is 21.3 Å². The molecule has 2 aromatic rings. The summed E-state index contributed by atoms with van der Waals surface area (Å²) in [5.74, 6) is 1.46. The van der Waals surface area contributed by atoms with Gasteiger partial charge in [-0.1, -0.05) is 30.0 Å². The number of aryl methyl sites for hydroxylation is 1. The maximum Gasteiger partial charge on any atom is 0.326 e. The molecule has 3 aliphatic heterocycles. The van der Waals surface area contributed by atoms with E-state index in [1.54, 1.807) is 11.8 Å². The second-order valence-electron chi connectivity index (χ2n) is 10.2. The topological polar surface area (TPSA) is 94.7 Å². The van der Waals surface area contributed by atoms with Crippen molar-refractivity contribution in [2.24, 2.45) is 5.92 Å². The van der Waals surface area contributed by atoms with Gasteiger partial charge in [0, 0.05) is 29.4 Å². The summed E-state index contributed by atoms with van der Waals surface area (Å²) in [6, 6.07) is 15.7. The maximum absolute atomic E-state index is 13.6. The summed E-state index contributed by atoms with van der Waals surface area (Å²) in [4.78, 5) is 29.5. The number of ether oxygens (including phenoxy) is 1. The van der Waals surface area contributed by atoms with Crippen LogP contribution in [0.15, 0.2) is 59.1 Å². The highest BCUT2D eigenvalue weighted by Gasteiger charge is 2.52. The van der Waals surface area contributed by atoms with Crippen molar-refractivity contribution >= 4 is 29.4 Å². The number of piperidine rings is 1. The zero-order valence-electron chi connectivity index (χ0n) is 21.1. The first-order valence-corrected chi connectivity index (χ1v) is 14.0. The number of hydrogen-bond acceptors (Lipinski definition) is 6. The standard InChI is InChI=1S/C28H33N5O3S/c1-16-15-18(36-17-7-4-3-5-8-17)11-12-21(16)33-22-13-14-30-27-23(22)24(32-28(33)35)25(37-27)26(34)31-20-10-6-9-19(20)29-2/h3-5,7-8,11-12,15,19-20,22-23,27,29-30H,6,9-10,13-14H2,1-2H3,(H,31,34)(H,32,35)/t19-,20-,22?,23?,27?/m0/s1. The monoisotopic (exact) mass is 519 g/mol. The van der Waals surface area contributed by atoms with Crippen molar-refractivity contribution in [3.05, 3.63) is 64.7 Å². The predicted molar refractivity (Wildman–Crippen MR) is 146 cm³/mol. The smallest absolute Gasteiger partial charge is 0.326 e. The molecule has 4 N–H and O–H groups in total. The van der Waals surface area contributed by atoms with E-state index >= 15 is 0 Å². The van der Waals surface area contributed by atoms with Crippen LogP contribution in [-0.4, -0.2) is 49.0 Å². The van der Waals surface area contributed by atoms with Gasteiger partial charge in [-0.05, 0) is 82.1 Å². The average Bonchev–Trinajstić information content (AvgIpc) is 3.50. The van der Waals surface area contributed by atoms with Crippen molar-refractivity contribution in [2.75, 3.05) is 18.5 Å². The van der Waals surface area contributed by atoms with Gasteiger partial charge in [-0.2, -0.15) is 0 Å². The van der Waals surface area contributed by atoms with Crippen LogP contribution < -0.4 is 30.9 Å². The van der Waals surface area contributed by atoms with Crippen molar-refractivity contribution in [3.8, 4) is 11.5 Å². The first-order chi connectivity index (χ1) is 18.0. The maximum atomic E-state index is 13.6. The Kier molecular flexibility index (Phi) is 6.60. The number of urea groups is 1. The molecule has 3 heterocycles. The minimum absolute atomic E-state index is 0.0241. The van der Waals surface area contributed by atoms with E-state index in [-0.39, 0.29) is 35.3 Å². The van der Waals surface area contributed by atoms with Gasteiger partial charge in [0.2, 0.25) is 0 Å². The largest absolute Gasteiger partial charge is 0.457 e. The summed E-state index contributed by atoms with van der Waals surface area (Å²) < 4.78 is 6.00. The lowest BCUT2D eigenvalue weighted by molar-refractivity contribution is -0.117. The van der Waals surface area contributed by atoms with Crippen LogP contribution >= 0.6 is 11.8 Å². The lowest BCUT2D eigenvalue weighted by Crippen LogP contribution is -2.62. The molecule has 8 nitrogen and oxygen atoms in total. The quantitative estimate of drug-likeness (QED) is 0.463. The van der Waals surface area contributed by atoms with Crippen LogP contribution in [0.3, 0.4) is 0 Å². The molecule has 1 saturated carbocycles. The van der Waals surface area contributed by atoms with E-state index in [0.29, 0.717) is 10.9 Å². The first-order valence-electron chi connectivity index (χ1n) is 13.1. The number of hydrogen-bond donors (Lipinski definition) is 4. The highest BCUT2D eigenvalue weighted by molar-refractivity contribution is 8.04. The summed E-state index contributed by atoms with van der Waals surface area (Å²) in [7, 11) is 1.95. The Hall–Kier alpha value is -3.01. The number of likely N-dealkylation sites (N-methyl/N-ethyl adjacent to an activating group) is 1. The molecule has 3 unspecified atom stereocenters. The third-order valence-electron chi connectivity index (χ3n) is 7.96. The van der Waals surface area contributed by atoms with Gasteiger partial charge in [0.1, 0.15) is 11.5 Å². The molecule has 0 radical (unpaired) electrons. The van der Waals surface area contributed by atoms with Crippen LogP contribution in [-0.2, 0) is 4.79 Å². The zero-order valence-corrected chi connectivity index (χ0v) is 21.9. The number of benzene rings is 2. The number of para-hydroxylation sites is 1. The Labute approximate surface area is 221 Å². The molecule has 0 aromatic heterocycles. The molecule has 194 valence electrons. The van der Waals surface area contributed by atoms with Gasteiger partial charge in [0.15, 0.2) is 0 Å². The highest BCUT2D eigenvalue weighted by atomic mass is 32.2. The summed E-state index contributed by atoms with van der Waals surface area (Å²) in [5.41, 5.74) is 2.61. The fraction of sp³-hybridized carbons (Fsp3) is 0.429. The number of nitrogens with zero attached hydrogens (tertiary/aromatic N) is 1. The van der Waals surface area contributed by atoms with E-state index in [4.69, 9.17) is 4.74 Å². The van der Waals surface area contributed by atoms with Crippen molar-refractivity contribution in [1.29, 1.82) is 0 Å². The van der Waals surface area contributed by atoms with Crippen LogP contribution in [0.1, 0.15) is 31.2 Å². The molecule has 2 saturated heterocycles. The van der Waals surface area contributed by atoms with Crippen molar-refractivity contribution in [2.45, 2.75) is 56.1 Å². The Morgan fingerprint density at radius 3 is 2.68 bits per heavy atom. The number of carbonyl (C=O) groups excluding carboxylic acids is 2. The molecule has 9 heteroatoms. The second-order valence-corrected chi connectivity index (χ2v) is 11.3. The van der Waals surface area contributed by atoms with Gasteiger partial charge in [-0.3, -0.25) is 9.69 Å². The summed E-state index contributed by atoms with van der Waals surface area (Å²) >= 11 is 1.55. The third kappa shape index (κ3) is 4.49. The number of nitrogens with one attached hydrogen (secondary N) is 4. The number of thioether (sulfide) groups is 1. The van der Waals surface area contributed by atoms with E-state index in [9.17, 15) is 9.59 Å². The molecule has 6 rings (SSSR count). The van der Waals surface area contributed by atoms with Crippen LogP contribution in [0, 0.1) is 12.8 Å². The number of carbonyl (C=O) groups is 2. The molecule has 37 heavy (non-hydrogen) atoms. The molecule has 5 atom stereocenters. The SMILES string of the molecule is CN[C@H]1CCC[C@@H]1NC(=O)C1=C2NC(=O)N(c3ccc(Oc4ccccc4)cc3C)C3CCNC(S1)C23. The molecule has 1 aliphatic carbocycles. The van der Waals surface area contributed by atoms with E-state index < -0.39 is 0 Å². The van der Waals surface area contributed by atoms with Crippen molar-refractivity contribution < 1.29 is 14.3 Å². The molecule has 2 aromatic carbocycles. The van der Waals surface area contributed by atoms with Gasteiger partial charge < -0.3 is 26.0 Å². The number of anilines is 1. The highest BCUT2D eigenvalue weighted by Crippen LogP contribution is 2.48.